The van der Waals surface area contributed by atoms with Crippen LogP contribution in [0.3, 0.4) is 0 Å². The molecule has 13 fully saturated rings. The van der Waals surface area contributed by atoms with Gasteiger partial charge in [0, 0.05) is 11.3 Å². The van der Waals surface area contributed by atoms with Crippen molar-refractivity contribution in [1.29, 1.82) is 0 Å². The van der Waals surface area contributed by atoms with Crippen molar-refractivity contribution in [3.05, 3.63) is 81.4 Å². The molecule has 0 nitrogen and oxygen atoms in total. The molecule has 18 rings (SSSR count). The zero-order valence-corrected chi connectivity index (χ0v) is 37.7. The highest BCUT2D eigenvalue weighted by atomic mass is 14.6. The molecule has 0 radical (unpaired) electrons. The van der Waals surface area contributed by atoms with Crippen LogP contribution in [0.5, 0.6) is 0 Å². The topological polar surface area (TPSA) is 0 Å². The zero-order chi connectivity index (χ0) is 39.3. The maximum absolute atomic E-state index is 3.04. The fourth-order valence-electron chi connectivity index (χ4n) is 22.4. The van der Waals surface area contributed by atoms with Crippen molar-refractivity contribution in [3.8, 4) is 11.1 Å². The number of fused-ring (bicyclic) bond motifs is 3. The van der Waals surface area contributed by atoms with Gasteiger partial charge in [-0.05, 0) is 267 Å². The Morgan fingerprint density at radius 1 is 0.483 bits per heavy atom. The second kappa shape index (κ2) is 12.4. The zero-order valence-electron chi connectivity index (χ0n) is 37.7. The molecule has 0 N–H and O–H groups in total. The van der Waals surface area contributed by atoms with E-state index in [-0.39, 0.29) is 5.41 Å². The van der Waals surface area contributed by atoms with Crippen LogP contribution in [0.25, 0.3) is 11.1 Å². The quantitative estimate of drug-likeness (QED) is 0.273. The number of rotatable bonds is 6. The first-order valence-electron chi connectivity index (χ1n) is 27.0. The van der Waals surface area contributed by atoms with Crippen LogP contribution in [0.1, 0.15) is 203 Å². The summed E-state index contributed by atoms with van der Waals surface area (Å²) in [6.07, 6.45) is 40.6. The van der Waals surface area contributed by atoms with Gasteiger partial charge in [0.1, 0.15) is 0 Å². The smallest absolute Gasteiger partial charge is 0.0201 e. The Morgan fingerprint density at radius 2 is 0.900 bits per heavy atom. The molecule has 2 unspecified atom stereocenters. The lowest BCUT2D eigenvalue weighted by molar-refractivity contribution is -0.0316. The van der Waals surface area contributed by atoms with Crippen LogP contribution >= 0.6 is 0 Å². The van der Waals surface area contributed by atoms with Crippen LogP contribution in [0.4, 0.5) is 0 Å². The molecule has 2 aromatic carbocycles. The Kier molecular flexibility index (Phi) is 7.48. The minimum absolute atomic E-state index is 0.186. The summed E-state index contributed by atoms with van der Waals surface area (Å²) in [5, 5.41) is 0. The van der Waals surface area contributed by atoms with Crippen LogP contribution < -0.4 is 0 Å². The summed E-state index contributed by atoms with van der Waals surface area (Å²) in [5.41, 5.74) is 17.9. The highest BCUT2D eigenvalue weighted by Crippen LogP contribution is 2.72. The van der Waals surface area contributed by atoms with Crippen molar-refractivity contribution in [2.75, 3.05) is 0 Å². The monoisotopic (exact) mass is 797 g/mol. The Bertz CT molecular complexity index is 2010. The normalized spacial score (nSPS) is 48.7. The second-order valence-electron chi connectivity index (χ2n) is 26.8. The van der Waals surface area contributed by atoms with Crippen molar-refractivity contribution in [2.24, 2.45) is 81.8 Å². The fourth-order valence-corrected chi connectivity index (χ4v) is 22.4. The second-order valence-corrected chi connectivity index (χ2v) is 26.8. The number of hydrogen-bond acceptors (Lipinski definition) is 0. The molecule has 0 amide bonds. The molecular weight excluding hydrogens is 721 g/mol. The molecule has 0 aliphatic heterocycles. The number of benzene rings is 2. The molecule has 0 saturated heterocycles. The average Bonchev–Trinajstić information content (AvgIpc) is 3.90. The van der Waals surface area contributed by atoms with E-state index >= 15 is 0 Å². The first-order valence-corrected chi connectivity index (χ1v) is 27.0. The highest BCUT2D eigenvalue weighted by Gasteiger charge is 2.61. The maximum Gasteiger partial charge on any atom is 0.0201 e. The van der Waals surface area contributed by atoms with Gasteiger partial charge in [0.2, 0.25) is 0 Å². The minimum atomic E-state index is 0.186. The highest BCUT2D eigenvalue weighted by molar-refractivity contribution is 5.82. The Labute approximate surface area is 364 Å². The van der Waals surface area contributed by atoms with E-state index in [1.165, 1.54) is 141 Å². The molecule has 16 aliphatic rings. The van der Waals surface area contributed by atoms with Crippen molar-refractivity contribution >= 4 is 0 Å². The molecule has 12 bridgehead atoms. The molecule has 316 valence electrons. The summed E-state index contributed by atoms with van der Waals surface area (Å²) in [6.45, 7) is 5.41. The van der Waals surface area contributed by atoms with Crippen LogP contribution in [0.2, 0.25) is 0 Å². The number of allylic oxidation sites excluding steroid dienone is 4. The van der Waals surface area contributed by atoms with Crippen molar-refractivity contribution in [1.82, 2.24) is 0 Å². The van der Waals surface area contributed by atoms with Crippen LogP contribution in [-0.4, -0.2) is 0 Å². The SMILES string of the molecule is CC(C)C1(C2c3ccc(C45CC6CC(CC(C6)C4)C5)cc3-c3cc(C45CC6CC(CC(C6)C4)C5)ccc32)CC(C2CCCCC2)C2=C1C=C(C13CC4CC(CC(C4)C1)C3)C2. The van der Waals surface area contributed by atoms with E-state index < -0.39 is 0 Å². The van der Waals surface area contributed by atoms with Gasteiger partial charge in [-0.2, -0.15) is 0 Å². The van der Waals surface area contributed by atoms with Gasteiger partial charge in [-0.15, -0.1) is 0 Å². The van der Waals surface area contributed by atoms with E-state index in [0.29, 0.717) is 28.1 Å². The standard InChI is InChI=1S/C60H76/c1-35(2)60(34-54(45-6-4-3-5-7-45)53-23-48(24-55(53)60)59-31-42-18-43(32-59)20-44(19-42)33-59)56-49-10-8-46(57-25-36-12-37(26-57)14-38(13-36)27-57)21-51(49)52-22-47(9-11-50(52)56)58-28-39-15-40(29-58)17-41(16-39)30-58/h8-11,21-22,24,35-45,54,56H,3-7,12-20,23,25-34H2,1-2H3. The van der Waals surface area contributed by atoms with Crippen LogP contribution in [-0.2, 0) is 10.8 Å². The Balaban J connectivity index is 0.904. The maximum atomic E-state index is 3.04. The summed E-state index contributed by atoms with van der Waals surface area (Å²) in [4.78, 5) is 0. The van der Waals surface area contributed by atoms with E-state index in [4.69, 9.17) is 0 Å². The summed E-state index contributed by atoms with van der Waals surface area (Å²) in [6, 6.07) is 17.0. The first kappa shape index (κ1) is 36.3. The molecular formula is C60H76. The molecule has 2 aromatic rings. The molecule has 60 heavy (non-hydrogen) atoms. The van der Waals surface area contributed by atoms with Gasteiger partial charge in [-0.1, -0.05) is 86.7 Å². The van der Waals surface area contributed by atoms with Crippen LogP contribution in [0.15, 0.2) is 59.2 Å². The summed E-state index contributed by atoms with van der Waals surface area (Å²) in [7, 11) is 0. The van der Waals surface area contributed by atoms with Crippen molar-refractivity contribution in [2.45, 2.75) is 191 Å². The van der Waals surface area contributed by atoms with Gasteiger partial charge in [0.05, 0.1) is 0 Å². The van der Waals surface area contributed by atoms with Crippen molar-refractivity contribution in [3.63, 3.8) is 0 Å². The third-order valence-corrected chi connectivity index (χ3v) is 23.4. The third kappa shape index (κ3) is 4.88. The average molecular weight is 797 g/mol. The van der Waals surface area contributed by atoms with Gasteiger partial charge in [-0.3, -0.25) is 0 Å². The molecule has 2 atom stereocenters. The predicted octanol–water partition coefficient (Wildman–Crippen LogP) is 15.8. The Hall–Kier alpha value is -2.08. The van der Waals surface area contributed by atoms with Crippen molar-refractivity contribution < 1.29 is 0 Å². The van der Waals surface area contributed by atoms with Gasteiger partial charge in [0.25, 0.3) is 0 Å². The lowest BCUT2D eigenvalue weighted by atomic mass is 9.47. The third-order valence-electron chi connectivity index (χ3n) is 23.4. The van der Waals surface area contributed by atoms with E-state index in [1.54, 1.807) is 52.6 Å². The first-order chi connectivity index (χ1) is 29.2. The lowest BCUT2D eigenvalue weighted by Crippen LogP contribution is -2.48. The van der Waals surface area contributed by atoms with Gasteiger partial charge >= 0.3 is 0 Å². The van der Waals surface area contributed by atoms with E-state index in [2.05, 4.69) is 56.3 Å². The lowest BCUT2D eigenvalue weighted by Gasteiger charge is -2.58. The van der Waals surface area contributed by atoms with Crippen LogP contribution in [0, 0.1) is 81.8 Å². The van der Waals surface area contributed by atoms with E-state index in [0.717, 1.165) is 65.1 Å². The minimum Gasteiger partial charge on any atom is -0.0619 e. The molecule has 0 heteroatoms. The van der Waals surface area contributed by atoms with Gasteiger partial charge in [0.15, 0.2) is 0 Å². The summed E-state index contributed by atoms with van der Waals surface area (Å²) < 4.78 is 0. The largest absolute Gasteiger partial charge is 0.0619 e. The molecule has 13 saturated carbocycles. The Morgan fingerprint density at radius 3 is 1.32 bits per heavy atom. The molecule has 0 aromatic heterocycles. The van der Waals surface area contributed by atoms with Gasteiger partial charge < -0.3 is 0 Å². The molecule has 0 heterocycles. The molecule has 16 aliphatic carbocycles. The molecule has 0 spiro atoms. The summed E-state index contributed by atoms with van der Waals surface area (Å²) >= 11 is 0. The number of hydrogen-bond donors (Lipinski definition) is 0. The summed E-state index contributed by atoms with van der Waals surface area (Å²) in [5.74, 6) is 11.9. The fraction of sp³-hybridized carbons (Fsp3) is 0.733. The van der Waals surface area contributed by atoms with Gasteiger partial charge in [-0.25, -0.2) is 0 Å². The predicted molar refractivity (Wildman–Crippen MR) is 246 cm³/mol. The van der Waals surface area contributed by atoms with E-state index in [9.17, 15) is 0 Å². The van der Waals surface area contributed by atoms with E-state index in [1.807, 2.05) is 16.7 Å².